The Morgan fingerprint density at radius 2 is 1.62 bits per heavy atom. The first-order valence-electron chi connectivity index (χ1n) is 7.85. The lowest BCUT2D eigenvalue weighted by atomic mass is 10.0. The maximum atomic E-state index is 13.0. The summed E-state index contributed by atoms with van der Waals surface area (Å²) in [7, 11) is -3.31. The Morgan fingerprint density at radius 1 is 0.885 bits per heavy atom. The van der Waals surface area contributed by atoms with Crippen molar-refractivity contribution < 1.29 is 17.3 Å². The zero-order chi connectivity index (χ0) is 18.3. The highest BCUT2D eigenvalue weighted by Gasteiger charge is 2.20. The molecule has 26 heavy (non-hydrogen) atoms. The summed E-state index contributed by atoms with van der Waals surface area (Å²) >= 11 is 0. The van der Waals surface area contributed by atoms with Gasteiger partial charge < -0.3 is 8.83 Å². The van der Waals surface area contributed by atoms with Crippen LogP contribution in [-0.2, 0) is 9.84 Å². The summed E-state index contributed by atoms with van der Waals surface area (Å²) in [4.78, 5) is 13.2. The minimum atomic E-state index is -3.31. The van der Waals surface area contributed by atoms with Crippen LogP contribution in [0.5, 0.6) is 0 Å². The summed E-state index contributed by atoms with van der Waals surface area (Å²) in [5.41, 5.74) is 1.14. The first-order valence-corrected chi connectivity index (χ1v) is 9.74. The Kier molecular flexibility index (Phi) is 3.77. The van der Waals surface area contributed by atoms with E-state index in [1.165, 1.54) is 18.4 Å². The van der Waals surface area contributed by atoms with Crippen LogP contribution in [0.4, 0.5) is 0 Å². The van der Waals surface area contributed by atoms with Crippen LogP contribution in [0.2, 0.25) is 0 Å². The van der Waals surface area contributed by atoms with Crippen molar-refractivity contribution in [1.29, 1.82) is 0 Å². The Hall–Kier alpha value is -3.12. The quantitative estimate of drug-likeness (QED) is 0.545. The van der Waals surface area contributed by atoms with Gasteiger partial charge in [0.25, 0.3) is 0 Å². The summed E-state index contributed by atoms with van der Waals surface area (Å²) in [6.45, 7) is 0. The van der Waals surface area contributed by atoms with E-state index in [0.717, 1.165) is 6.26 Å². The van der Waals surface area contributed by atoms with E-state index in [1.807, 2.05) is 0 Å². The summed E-state index contributed by atoms with van der Waals surface area (Å²) in [6, 6.07) is 16.6. The second kappa shape index (κ2) is 6.00. The van der Waals surface area contributed by atoms with Crippen LogP contribution in [-0.4, -0.2) is 14.7 Å². The maximum absolute atomic E-state index is 13.0. The van der Waals surface area contributed by atoms with Crippen LogP contribution in [0.3, 0.4) is 0 Å². The van der Waals surface area contributed by atoms with Gasteiger partial charge in [0.1, 0.15) is 22.7 Å². The topological polar surface area (TPSA) is 77.5 Å². The number of hydrogen-bond acceptors (Lipinski definition) is 5. The van der Waals surface area contributed by atoms with Crippen molar-refractivity contribution in [2.75, 3.05) is 6.26 Å². The fraction of sp³-hybridized carbons (Fsp3) is 0.0500. The molecule has 0 aliphatic heterocycles. The fourth-order valence-electron chi connectivity index (χ4n) is 2.84. The SMILES string of the molecule is CS(=O)(=O)c1ccc(-c2oc3ccccc3c(=O)c2-c2ccco2)cc1. The smallest absolute Gasteiger partial charge is 0.204 e. The standard InChI is InChI=1S/C20H14O5S/c1-26(22,23)14-10-8-13(9-11-14)20-18(17-7-4-12-24-17)19(21)15-5-2-3-6-16(15)25-20/h2-12H,1H3. The van der Waals surface area contributed by atoms with Crippen LogP contribution in [0.15, 0.2) is 85.5 Å². The summed E-state index contributed by atoms with van der Waals surface area (Å²) < 4.78 is 34.8. The van der Waals surface area contributed by atoms with Crippen LogP contribution in [0, 0.1) is 0 Å². The molecule has 130 valence electrons. The largest absolute Gasteiger partial charge is 0.464 e. The molecule has 5 nitrogen and oxygen atoms in total. The minimum Gasteiger partial charge on any atom is -0.464 e. The van der Waals surface area contributed by atoms with Gasteiger partial charge in [-0.3, -0.25) is 4.79 Å². The average molecular weight is 366 g/mol. The zero-order valence-corrected chi connectivity index (χ0v) is 14.6. The van der Waals surface area contributed by atoms with Gasteiger partial charge in [0.15, 0.2) is 9.84 Å². The lowest BCUT2D eigenvalue weighted by Crippen LogP contribution is -2.07. The molecule has 2 heterocycles. The molecule has 0 N–H and O–H groups in total. The molecule has 0 saturated heterocycles. The lowest BCUT2D eigenvalue weighted by Gasteiger charge is -2.09. The molecule has 0 atom stereocenters. The Labute approximate surface area is 149 Å². The zero-order valence-electron chi connectivity index (χ0n) is 13.8. The van der Waals surface area contributed by atoms with E-state index in [0.29, 0.717) is 33.6 Å². The average Bonchev–Trinajstić information content (AvgIpc) is 3.15. The minimum absolute atomic E-state index is 0.198. The molecule has 0 bridgehead atoms. The molecule has 0 aliphatic rings. The number of furan rings is 1. The van der Waals surface area contributed by atoms with Crippen molar-refractivity contribution in [1.82, 2.24) is 0 Å². The highest BCUT2D eigenvalue weighted by molar-refractivity contribution is 7.90. The van der Waals surface area contributed by atoms with Crippen molar-refractivity contribution in [3.63, 3.8) is 0 Å². The summed E-state index contributed by atoms with van der Waals surface area (Å²) in [6.07, 6.45) is 2.63. The molecule has 0 spiro atoms. The van der Waals surface area contributed by atoms with E-state index in [9.17, 15) is 13.2 Å². The molecule has 0 saturated carbocycles. The number of benzene rings is 2. The molecule has 2 aromatic heterocycles. The second-order valence-electron chi connectivity index (χ2n) is 5.91. The Bertz CT molecular complexity index is 1250. The third-order valence-corrected chi connectivity index (χ3v) is 5.24. The monoisotopic (exact) mass is 366 g/mol. The lowest BCUT2D eigenvalue weighted by molar-refractivity contribution is 0.573. The van der Waals surface area contributed by atoms with Crippen LogP contribution >= 0.6 is 0 Å². The normalized spacial score (nSPS) is 11.7. The van der Waals surface area contributed by atoms with E-state index in [2.05, 4.69) is 0 Å². The molecule has 0 aliphatic carbocycles. The highest BCUT2D eigenvalue weighted by Crippen LogP contribution is 2.33. The molecule has 0 fully saturated rings. The molecule has 6 heteroatoms. The van der Waals surface area contributed by atoms with Gasteiger partial charge in [0.05, 0.1) is 16.5 Å². The van der Waals surface area contributed by atoms with Gasteiger partial charge in [-0.05, 0) is 48.5 Å². The van der Waals surface area contributed by atoms with E-state index in [1.54, 1.807) is 48.5 Å². The first-order chi connectivity index (χ1) is 12.4. The first kappa shape index (κ1) is 16.4. The Morgan fingerprint density at radius 3 is 2.27 bits per heavy atom. The van der Waals surface area contributed by atoms with Gasteiger partial charge in [-0.15, -0.1) is 0 Å². The van der Waals surface area contributed by atoms with Crippen molar-refractivity contribution in [3.05, 3.63) is 77.2 Å². The molecule has 0 radical (unpaired) electrons. The number of sulfone groups is 1. The van der Waals surface area contributed by atoms with Crippen LogP contribution in [0.1, 0.15) is 0 Å². The van der Waals surface area contributed by atoms with Gasteiger partial charge in [0, 0.05) is 11.8 Å². The van der Waals surface area contributed by atoms with Gasteiger partial charge in [0.2, 0.25) is 5.43 Å². The van der Waals surface area contributed by atoms with Gasteiger partial charge >= 0.3 is 0 Å². The molecular formula is C20H14O5S. The highest BCUT2D eigenvalue weighted by atomic mass is 32.2. The van der Waals surface area contributed by atoms with Crippen LogP contribution < -0.4 is 5.43 Å². The maximum Gasteiger partial charge on any atom is 0.204 e. The van der Waals surface area contributed by atoms with Gasteiger partial charge in [-0.2, -0.15) is 0 Å². The Balaban J connectivity index is 2.03. The van der Waals surface area contributed by atoms with Crippen LogP contribution in [0.25, 0.3) is 33.6 Å². The van der Waals surface area contributed by atoms with Crippen molar-refractivity contribution in [2.24, 2.45) is 0 Å². The molecule has 4 rings (SSSR count). The van der Waals surface area contributed by atoms with E-state index < -0.39 is 9.84 Å². The fourth-order valence-corrected chi connectivity index (χ4v) is 3.47. The molecule has 0 amide bonds. The van der Waals surface area contributed by atoms with Gasteiger partial charge in [-0.1, -0.05) is 12.1 Å². The number of rotatable bonds is 3. The third kappa shape index (κ3) is 2.74. The summed E-state index contributed by atoms with van der Waals surface area (Å²) in [5.74, 6) is 0.732. The number of para-hydroxylation sites is 1. The summed E-state index contributed by atoms with van der Waals surface area (Å²) in [5, 5.41) is 0.454. The van der Waals surface area contributed by atoms with E-state index in [4.69, 9.17) is 8.83 Å². The van der Waals surface area contributed by atoms with E-state index >= 15 is 0 Å². The van der Waals surface area contributed by atoms with Crippen molar-refractivity contribution >= 4 is 20.8 Å². The molecule has 0 unspecified atom stereocenters. The second-order valence-corrected chi connectivity index (χ2v) is 7.92. The molecule has 4 aromatic rings. The van der Waals surface area contributed by atoms with Gasteiger partial charge in [-0.25, -0.2) is 8.42 Å². The van der Waals surface area contributed by atoms with Crippen molar-refractivity contribution in [2.45, 2.75) is 4.90 Å². The molecule has 2 aromatic carbocycles. The molecular weight excluding hydrogens is 352 g/mol. The number of fused-ring (bicyclic) bond motifs is 1. The van der Waals surface area contributed by atoms with E-state index in [-0.39, 0.29) is 10.3 Å². The predicted molar refractivity (Wildman–Crippen MR) is 98.7 cm³/mol. The number of hydrogen-bond donors (Lipinski definition) is 0. The predicted octanol–water partition coefficient (Wildman–Crippen LogP) is 4.12. The third-order valence-electron chi connectivity index (χ3n) is 4.11. The van der Waals surface area contributed by atoms with Crippen molar-refractivity contribution in [3.8, 4) is 22.6 Å².